The second kappa shape index (κ2) is 13.1. The number of hydrogen-bond donors (Lipinski definition) is 4. The minimum Gasteiger partial charge on any atom is -0.373 e. The number of guanidine groups is 1. The highest BCUT2D eigenvalue weighted by atomic mass is 19.4. The standard InChI is InChI=1S/C28H38F6N8/c1-16(2)12-41(13-18-6-7-18)25-20(10-23(17(3)35)24(37-4)39-25)15-42(26(36)40-38-5)14-19-8-21(27(29,30)31)11-22(9-19)28(32,33)34/h8-11,16,18,35,38H,6-7,12-15H2,1-5H3,(H2,36,40)(H,37,39). The number of hydrogen-bond acceptors (Lipinski definition) is 6. The van der Waals surface area contributed by atoms with Crippen molar-refractivity contribution < 1.29 is 26.3 Å². The fraction of sp³-hybridized carbons (Fsp3) is 0.536. The molecule has 0 spiro atoms. The maximum absolute atomic E-state index is 13.6. The van der Waals surface area contributed by atoms with Gasteiger partial charge in [0.05, 0.1) is 11.1 Å². The van der Waals surface area contributed by atoms with E-state index in [0.717, 1.165) is 19.4 Å². The fourth-order valence-electron chi connectivity index (χ4n) is 4.65. The molecule has 5 N–H and O–H groups in total. The molecule has 0 aliphatic heterocycles. The van der Waals surface area contributed by atoms with E-state index < -0.39 is 30.0 Å². The van der Waals surface area contributed by atoms with Crippen LogP contribution in [0.1, 0.15) is 61.4 Å². The Morgan fingerprint density at radius 2 is 1.64 bits per heavy atom. The maximum atomic E-state index is 13.6. The molecule has 0 radical (unpaired) electrons. The third-order valence-electron chi connectivity index (χ3n) is 6.71. The second-order valence-electron chi connectivity index (χ2n) is 10.9. The molecule has 8 nitrogen and oxygen atoms in total. The van der Waals surface area contributed by atoms with Gasteiger partial charge in [-0.2, -0.15) is 26.3 Å². The van der Waals surface area contributed by atoms with Crippen molar-refractivity contribution in [1.82, 2.24) is 15.3 Å². The highest BCUT2D eigenvalue weighted by Crippen LogP contribution is 2.37. The van der Waals surface area contributed by atoms with Crippen molar-refractivity contribution in [2.24, 2.45) is 22.7 Å². The molecule has 1 aromatic heterocycles. The number of nitrogens with zero attached hydrogens (tertiary/aromatic N) is 4. The SMILES string of the molecule is CN/N=C(\N)N(Cc1cc(C(F)(F)F)cc(C(F)(F)F)c1)Cc1cc(C(C)=N)c(NC)nc1N(CC(C)C)CC1CC1. The minimum atomic E-state index is -4.98. The molecule has 1 fully saturated rings. The van der Waals surface area contributed by atoms with Crippen molar-refractivity contribution in [3.8, 4) is 0 Å². The lowest BCUT2D eigenvalue weighted by Gasteiger charge is -2.31. The van der Waals surface area contributed by atoms with Gasteiger partial charge >= 0.3 is 12.4 Å². The Bertz CT molecular complexity index is 1250. The van der Waals surface area contributed by atoms with E-state index in [0.29, 0.717) is 47.4 Å². The van der Waals surface area contributed by atoms with Gasteiger partial charge in [-0.05, 0) is 61.4 Å². The molecule has 14 heteroatoms. The largest absolute Gasteiger partial charge is 0.416 e. The van der Waals surface area contributed by atoms with Gasteiger partial charge in [-0.1, -0.05) is 13.8 Å². The Hall–Kier alpha value is -3.71. The Kier molecular flexibility index (Phi) is 10.2. The monoisotopic (exact) mass is 600 g/mol. The lowest BCUT2D eigenvalue weighted by atomic mass is 10.0. The summed E-state index contributed by atoms with van der Waals surface area (Å²) in [6.07, 6.45) is -7.79. The number of benzene rings is 1. The molecule has 1 aliphatic carbocycles. The van der Waals surface area contributed by atoms with Crippen LogP contribution in [0.2, 0.25) is 0 Å². The van der Waals surface area contributed by atoms with Crippen molar-refractivity contribution in [3.63, 3.8) is 0 Å². The highest BCUT2D eigenvalue weighted by Gasteiger charge is 2.37. The van der Waals surface area contributed by atoms with E-state index in [9.17, 15) is 26.3 Å². The normalized spacial score (nSPS) is 14.2. The van der Waals surface area contributed by atoms with Crippen LogP contribution in [0.3, 0.4) is 0 Å². The van der Waals surface area contributed by atoms with Crippen LogP contribution in [0.5, 0.6) is 0 Å². The number of anilines is 2. The molecule has 0 unspecified atom stereocenters. The van der Waals surface area contributed by atoms with Crippen molar-refractivity contribution in [3.05, 3.63) is 52.1 Å². The van der Waals surface area contributed by atoms with Gasteiger partial charge in [-0.25, -0.2) is 4.98 Å². The first-order valence-corrected chi connectivity index (χ1v) is 13.6. The third kappa shape index (κ3) is 8.65. The molecule has 2 aromatic rings. The first-order chi connectivity index (χ1) is 19.5. The molecule has 0 atom stereocenters. The first-order valence-electron chi connectivity index (χ1n) is 13.6. The predicted octanol–water partition coefficient (Wildman–Crippen LogP) is 5.87. The maximum Gasteiger partial charge on any atom is 0.416 e. The lowest BCUT2D eigenvalue weighted by Crippen LogP contribution is -2.39. The van der Waals surface area contributed by atoms with Gasteiger partial charge in [0.1, 0.15) is 11.6 Å². The number of halogens is 6. The van der Waals surface area contributed by atoms with Crippen LogP contribution >= 0.6 is 0 Å². The molecule has 1 heterocycles. The summed E-state index contributed by atoms with van der Waals surface area (Å²) < 4.78 is 81.4. The topological polar surface area (TPSA) is 106 Å². The zero-order valence-corrected chi connectivity index (χ0v) is 24.3. The molecule has 0 amide bonds. The van der Waals surface area contributed by atoms with Gasteiger partial charge in [0, 0.05) is 57.1 Å². The number of hydrazone groups is 1. The summed E-state index contributed by atoms with van der Waals surface area (Å²) in [4.78, 5) is 8.40. The lowest BCUT2D eigenvalue weighted by molar-refractivity contribution is -0.143. The zero-order valence-electron chi connectivity index (χ0n) is 24.3. The third-order valence-corrected chi connectivity index (χ3v) is 6.71. The van der Waals surface area contributed by atoms with Crippen LogP contribution in [0, 0.1) is 17.2 Å². The van der Waals surface area contributed by atoms with Gasteiger partial charge in [-0.3, -0.25) is 0 Å². The summed E-state index contributed by atoms with van der Waals surface area (Å²) in [6, 6.07) is 3.23. The molecular formula is C28H38F6N8. The molecule has 232 valence electrons. The Morgan fingerprint density at radius 3 is 2.10 bits per heavy atom. The first kappa shape index (κ1) is 32.8. The van der Waals surface area contributed by atoms with E-state index >= 15 is 0 Å². The highest BCUT2D eigenvalue weighted by molar-refractivity contribution is 6.01. The van der Waals surface area contributed by atoms with Crippen molar-refractivity contribution >= 4 is 23.3 Å². The molecule has 0 bridgehead atoms. The Balaban J connectivity index is 2.15. The van der Waals surface area contributed by atoms with Gasteiger partial charge < -0.3 is 31.7 Å². The molecule has 42 heavy (non-hydrogen) atoms. The van der Waals surface area contributed by atoms with Gasteiger partial charge in [0.15, 0.2) is 0 Å². The second-order valence-corrected chi connectivity index (χ2v) is 10.9. The van der Waals surface area contributed by atoms with E-state index in [1.165, 1.54) is 11.9 Å². The van der Waals surface area contributed by atoms with Crippen LogP contribution in [-0.4, -0.2) is 48.7 Å². The van der Waals surface area contributed by atoms with Gasteiger partial charge in [-0.15, -0.1) is 5.10 Å². The number of nitrogens with one attached hydrogen (secondary N) is 3. The summed E-state index contributed by atoms with van der Waals surface area (Å²) in [5.74, 6) is 1.73. The number of rotatable bonds is 12. The quantitative estimate of drug-likeness (QED) is 0.105. The fourth-order valence-corrected chi connectivity index (χ4v) is 4.65. The summed E-state index contributed by atoms with van der Waals surface area (Å²) in [6.45, 7) is 6.73. The van der Waals surface area contributed by atoms with Crippen molar-refractivity contribution in [2.75, 3.05) is 37.4 Å². The van der Waals surface area contributed by atoms with E-state index in [1.54, 1.807) is 20.0 Å². The summed E-state index contributed by atoms with van der Waals surface area (Å²) in [7, 11) is 3.17. The minimum absolute atomic E-state index is 0.0412. The average Bonchev–Trinajstić information content (AvgIpc) is 3.70. The number of alkyl halides is 6. The Labute approximate surface area is 241 Å². The van der Waals surface area contributed by atoms with E-state index in [1.807, 2.05) is 0 Å². The van der Waals surface area contributed by atoms with Gasteiger partial charge in [0.2, 0.25) is 5.96 Å². The molecule has 1 saturated carbocycles. The predicted molar refractivity (Wildman–Crippen MR) is 152 cm³/mol. The van der Waals surface area contributed by atoms with E-state index in [2.05, 4.69) is 34.6 Å². The van der Waals surface area contributed by atoms with E-state index in [-0.39, 0.29) is 35.8 Å². The van der Waals surface area contributed by atoms with Crippen LogP contribution in [0.15, 0.2) is 29.4 Å². The Morgan fingerprint density at radius 1 is 1.05 bits per heavy atom. The summed E-state index contributed by atoms with van der Waals surface area (Å²) in [5, 5.41) is 15.3. The van der Waals surface area contributed by atoms with Crippen molar-refractivity contribution in [1.29, 1.82) is 5.41 Å². The summed E-state index contributed by atoms with van der Waals surface area (Å²) >= 11 is 0. The van der Waals surface area contributed by atoms with Crippen LogP contribution in [0.25, 0.3) is 0 Å². The van der Waals surface area contributed by atoms with Crippen molar-refractivity contribution in [2.45, 2.75) is 59.1 Å². The van der Waals surface area contributed by atoms with Crippen LogP contribution in [0.4, 0.5) is 38.0 Å². The van der Waals surface area contributed by atoms with E-state index in [4.69, 9.17) is 16.1 Å². The molecule has 3 rings (SSSR count). The zero-order chi connectivity index (χ0) is 31.4. The summed E-state index contributed by atoms with van der Waals surface area (Å²) in [5.41, 5.74) is 7.01. The molecule has 1 aromatic carbocycles. The smallest absolute Gasteiger partial charge is 0.373 e. The molecular weight excluding hydrogens is 562 g/mol. The van der Waals surface area contributed by atoms with Gasteiger partial charge in [0.25, 0.3) is 0 Å². The number of aromatic nitrogens is 1. The van der Waals surface area contributed by atoms with Crippen LogP contribution in [-0.2, 0) is 25.4 Å². The van der Waals surface area contributed by atoms with Crippen LogP contribution < -0.4 is 21.4 Å². The number of pyridine rings is 1. The molecule has 1 aliphatic rings. The molecule has 0 saturated heterocycles. The number of nitrogens with two attached hydrogens (primary N) is 1. The average molecular weight is 601 g/mol.